The predicted octanol–water partition coefficient (Wildman–Crippen LogP) is 8.88. The van der Waals surface area contributed by atoms with Gasteiger partial charge >= 0.3 is 0 Å². The lowest BCUT2D eigenvalue weighted by molar-refractivity contribution is 1.48. The summed E-state index contributed by atoms with van der Waals surface area (Å²) in [6.07, 6.45) is 0. The zero-order valence-electron chi connectivity index (χ0n) is 18.6. The van der Waals surface area contributed by atoms with E-state index < -0.39 is 0 Å². The number of rotatable bonds is 2. The van der Waals surface area contributed by atoms with Gasteiger partial charge in [-0.1, -0.05) is 66.2 Å². The summed E-state index contributed by atoms with van der Waals surface area (Å²) >= 11 is 6.46. The lowest BCUT2D eigenvalue weighted by Crippen LogP contribution is -1.89. The molecule has 162 valence electrons. The van der Waals surface area contributed by atoms with Gasteiger partial charge in [0.15, 0.2) is 0 Å². The molecule has 0 N–H and O–H groups in total. The lowest BCUT2D eigenvalue weighted by Gasteiger charge is -2.16. The molecule has 0 fully saturated rings. The van der Waals surface area contributed by atoms with Crippen molar-refractivity contribution >= 4 is 43.9 Å². The third kappa shape index (κ3) is 3.49. The van der Waals surface area contributed by atoms with Crippen molar-refractivity contribution in [1.29, 1.82) is 10.5 Å². The number of benzene rings is 6. The van der Waals surface area contributed by atoms with Gasteiger partial charge in [0.25, 0.3) is 0 Å². The Morgan fingerprint density at radius 3 is 1.49 bits per heavy atom. The Balaban J connectivity index is 1.74. The molecule has 6 aromatic carbocycles. The minimum absolute atomic E-state index is 0.634. The topological polar surface area (TPSA) is 47.6 Å². The van der Waals surface area contributed by atoms with Crippen LogP contribution in [-0.2, 0) is 0 Å². The van der Waals surface area contributed by atoms with Crippen molar-refractivity contribution in [2.75, 3.05) is 0 Å². The van der Waals surface area contributed by atoms with Gasteiger partial charge in [-0.05, 0) is 103 Å². The highest BCUT2D eigenvalue weighted by molar-refractivity contribution is 6.32. The highest BCUT2D eigenvalue weighted by Crippen LogP contribution is 2.42. The molecular formula is C32H17ClN2. The summed E-state index contributed by atoms with van der Waals surface area (Å²) in [7, 11) is 0. The molecule has 3 heteroatoms. The molecule has 0 aliphatic rings. The average Bonchev–Trinajstić information content (AvgIpc) is 2.92. The molecule has 0 aliphatic carbocycles. The van der Waals surface area contributed by atoms with Crippen LogP contribution in [0.4, 0.5) is 0 Å². The van der Waals surface area contributed by atoms with Crippen LogP contribution >= 0.6 is 11.6 Å². The van der Waals surface area contributed by atoms with Gasteiger partial charge in [0.2, 0.25) is 0 Å². The second-order valence-electron chi connectivity index (χ2n) is 8.56. The van der Waals surface area contributed by atoms with Crippen molar-refractivity contribution < 1.29 is 0 Å². The molecule has 0 unspecified atom stereocenters. The smallest absolute Gasteiger partial charge is 0.0991 e. The van der Waals surface area contributed by atoms with E-state index in [9.17, 15) is 10.5 Å². The SMILES string of the molecule is N#Cc1ccc(-c2cc3c4ccc(Cl)cc4c(-c4ccc(C#N)cc4)cc3c3ccccc23)cc1. The van der Waals surface area contributed by atoms with E-state index in [0.29, 0.717) is 16.1 Å². The molecule has 0 heterocycles. The normalized spacial score (nSPS) is 10.9. The fourth-order valence-corrected chi connectivity index (χ4v) is 5.07. The van der Waals surface area contributed by atoms with Crippen molar-refractivity contribution in [3.8, 4) is 34.4 Å². The number of hydrogen-bond donors (Lipinski definition) is 0. The summed E-state index contributed by atoms with van der Waals surface area (Å²) in [5, 5.41) is 25.9. The third-order valence-corrected chi connectivity index (χ3v) is 6.82. The largest absolute Gasteiger partial charge is 0.192 e. The molecule has 0 radical (unpaired) electrons. The van der Waals surface area contributed by atoms with Crippen molar-refractivity contribution in [3.63, 3.8) is 0 Å². The molecule has 0 saturated carbocycles. The molecule has 0 aromatic heterocycles. The Labute approximate surface area is 207 Å². The van der Waals surface area contributed by atoms with Crippen LogP contribution in [0.3, 0.4) is 0 Å². The summed E-state index contributed by atoms with van der Waals surface area (Å²) < 4.78 is 0. The monoisotopic (exact) mass is 464 g/mol. The average molecular weight is 465 g/mol. The molecule has 2 nitrogen and oxygen atoms in total. The first kappa shape index (κ1) is 20.9. The molecule has 0 bridgehead atoms. The van der Waals surface area contributed by atoms with E-state index in [4.69, 9.17) is 11.6 Å². The van der Waals surface area contributed by atoms with Crippen LogP contribution in [0.2, 0.25) is 5.02 Å². The van der Waals surface area contributed by atoms with Crippen molar-refractivity contribution in [3.05, 3.63) is 119 Å². The maximum absolute atomic E-state index is 9.23. The van der Waals surface area contributed by atoms with E-state index in [1.54, 1.807) is 0 Å². The zero-order valence-corrected chi connectivity index (χ0v) is 19.3. The number of fused-ring (bicyclic) bond motifs is 5. The highest BCUT2D eigenvalue weighted by Gasteiger charge is 2.15. The summed E-state index contributed by atoms with van der Waals surface area (Å²) in [6, 6.07) is 38.8. The molecule has 0 spiro atoms. The lowest BCUT2D eigenvalue weighted by atomic mass is 9.87. The maximum Gasteiger partial charge on any atom is 0.0991 e. The number of hydrogen-bond acceptors (Lipinski definition) is 2. The Kier molecular flexibility index (Phi) is 4.97. The van der Waals surface area contributed by atoms with E-state index in [1.165, 1.54) is 0 Å². The van der Waals surface area contributed by atoms with E-state index in [2.05, 4.69) is 54.6 Å². The molecule has 6 aromatic rings. The Hall–Kier alpha value is -4.63. The van der Waals surface area contributed by atoms with Crippen molar-refractivity contribution in [2.24, 2.45) is 0 Å². The van der Waals surface area contributed by atoms with Crippen LogP contribution in [-0.4, -0.2) is 0 Å². The fraction of sp³-hybridized carbons (Fsp3) is 0. The van der Waals surface area contributed by atoms with Crippen LogP contribution in [0.15, 0.2) is 103 Å². The maximum atomic E-state index is 9.23. The number of nitrogens with zero attached hydrogens (tertiary/aromatic N) is 2. The molecule has 0 amide bonds. The second-order valence-corrected chi connectivity index (χ2v) is 8.99. The van der Waals surface area contributed by atoms with Gasteiger partial charge in [-0.2, -0.15) is 10.5 Å². The highest BCUT2D eigenvalue weighted by atomic mass is 35.5. The van der Waals surface area contributed by atoms with E-state index in [-0.39, 0.29) is 0 Å². The molecule has 0 atom stereocenters. The molecule has 0 saturated heterocycles. The van der Waals surface area contributed by atoms with E-state index >= 15 is 0 Å². The van der Waals surface area contributed by atoms with Gasteiger partial charge in [-0.3, -0.25) is 0 Å². The summed E-state index contributed by atoms with van der Waals surface area (Å²) in [5.41, 5.74) is 5.59. The summed E-state index contributed by atoms with van der Waals surface area (Å²) in [6.45, 7) is 0. The summed E-state index contributed by atoms with van der Waals surface area (Å²) in [5.74, 6) is 0. The fourth-order valence-electron chi connectivity index (χ4n) is 4.90. The first-order chi connectivity index (χ1) is 17.2. The van der Waals surface area contributed by atoms with Crippen molar-refractivity contribution in [1.82, 2.24) is 0 Å². The minimum atomic E-state index is 0.634. The summed E-state index contributed by atoms with van der Waals surface area (Å²) in [4.78, 5) is 0. The Bertz CT molecular complexity index is 1850. The number of nitriles is 2. The quantitative estimate of drug-likeness (QED) is 0.240. The standard InChI is InChI=1S/C32H17ClN2/c33-24-13-14-27-30(15-24)29(23-11-7-21(19-35)8-12-23)17-31-26-4-2-1-3-25(26)28(16-32(27)31)22-9-5-20(18-34)6-10-22/h1-17H. The minimum Gasteiger partial charge on any atom is -0.192 e. The number of halogens is 1. The van der Waals surface area contributed by atoms with Gasteiger partial charge in [0.05, 0.1) is 23.3 Å². The van der Waals surface area contributed by atoms with Crippen LogP contribution in [0.25, 0.3) is 54.6 Å². The molecular weight excluding hydrogens is 448 g/mol. The van der Waals surface area contributed by atoms with Gasteiger partial charge in [-0.15, -0.1) is 0 Å². The van der Waals surface area contributed by atoms with E-state index in [0.717, 1.165) is 54.6 Å². The van der Waals surface area contributed by atoms with Gasteiger partial charge in [-0.25, -0.2) is 0 Å². The second kappa shape index (κ2) is 8.30. The van der Waals surface area contributed by atoms with Gasteiger partial charge < -0.3 is 0 Å². The zero-order chi connectivity index (χ0) is 23.9. The Morgan fingerprint density at radius 2 is 0.943 bits per heavy atom. The van der Waals surface area contributed by atoms with E-state index in [1.807, 2.05) is 60.7 Å². The van der Waals surface area contributed by atoms with Crippen LogP contribution in [0, 0.1) is 22.7 Å². The van der Waals surface area contributed by atoms with Crippen LogP contribution in [0.1, 0.15) is 11.1 Å². The first-order valence-corrected chi connectivity index (χ1v) is 11.6. The first-order valence-electron chi connectivity index (χ1n) is 11.2. The third-order valence-electron chi connectivity index (χ3n) is 6.59. The van der Waals surface area contributed by atoms with Gasteiger partial charge in [0.1, 0.15) is 0 Å². The molecule has 6 rings (SSSR count). The van der Waals surface area contributed by atoms with Crippen LogP contribution < -0.4 is 0 Å². The van der Waals surface area contributed by atoms with Crippen LogP contribution in [0.5, 0.6) is 0 Å². The van der Waals surface area contributed by atoms with Gasteiger partial charge in [0, 0.05) is 5.02 Å². The molecule has 35 heavy (non-hydrogen) atoms. The van der Waals surface area contributed by atoms with Crippen molar-refractivity contribution in [2.45, 2.75) is 0 Å². The molecule has 0 aliphatic heterocycles. The Morgan fingerprint density at radius 1 is 0.457 bits per heavy atom. The predicted molar refractivity (Wildman–Crippen MR) is 144 cm³/mol.